The smallest absolute Gasteiger partial charge is 0.322 e. The molecule has 2 amide bonds. The number of pyridine rings is 1. The number of aromatic nitrogens is 4. The Morgan fingerprint density at radius 2 is 1.66 bits per heavy atom. The number of nitrogens with zero attached hydrogens (tertiary/aromatic N) is 5. The Morgan fingerprint density at radius 3 is 2.21 bits per heavy atom. The van der Waals surface area contributed by atoms with Crippen LogP contribution in [0.4, 0.5) is 13.2 Å². The third-order valence-corrected chi connectivity index (χ3v) is 3.94. The fourth-order valence-electron chi connectivity index (χ4n) is 2.54. The maximum atomic E-state index is 12.6. The van der Waals surface area contributed by atoms with Crippen LogP contribution >= 0.6 is 0 Å². The van der Waals surface area contributed by atoms with E-state index in [0.29, 0.717) is 11.3 Å². The van der Waals surface area contributed by atoms with Crippen LogP contribution < -0.4 is 0 Å². The molecule has 3 heterocycles. The Bertz CT molecular complexity index is 1110. The van der Waals surface area contributed by atoms with Crippen LogP contribution in [0.3, 0.4) is 0 Å². The van der Waals surface area contributed by atoms with Crippen molar-refractivity contribution in [2.75, 3.05) is 0 Å². The zero-order valence-corrected chi connectivity index (χ0v) is 14.1. The van der Waals surface area contributed by atoms with E-state index in [1.165, 1.54) is 12.1 Å². The van der Waals surface area contributed by atoms with Crippen LogP contribution in [0.15, 0.2) is 48.8 Å². The fraction of sp³-hybridized carbons (Fsp3) is 0.0588. The number of carbonyl (C=O) groups is 3. The number of alkyl halides is 3. The molecule has 1 aliphatic heterocycles. The second-order valence-corrected chi connectivity index (χ2v) is 5.78. The van der Waals surface area contributed by atoms with Crippen LogP contribution in [0.2, 0.25) is 0 Å². The Morgan fingerprint density at radius 1 is 1.00 bits per heavy atom. The van der Waals surface area contributed by atoms with Gasteiger partial charge in [0.1, 0.15) is 0 Å². The molecule has 146 valence electrons. The molecule has 9 nitrogen and oxygen atoms in total. The first kappa shape index (κ1) is 18.3. The molecule has 12 heteroatoms. The Balaban J connectivity index is 1.51. The molecule has 0 spiro atoms. The minimum atomic E-state index is -4.55. The van der Waals surface area contributed by atoms with Crippen LogP contribution in [0.1, 0.15) is 36.8 Å². The van der Waals surface area contributed by atoms with Gasteiger partial charge < -0.3 is 4.84 Å². The maximum absolute atomic E-state index is 12.6. The number of rotatable bonds is 3. The summed E-state index contributed by atoms with van der Waals surface area (Å²) in [5.74, 6) is -2.81. The molecule has 1 aliphatic rings. The summed E-state index contributed by atoms with van der Waals surface area (Å²) in [6.45, 7) is 0. The average Bonchev–Trinajstić information content (AvgIpc) is 3.28. The zero-order chi connectivity index (χ0) is 20.8. The third kappa shape index (κ3) is 3.20. The topological polar surface area (TPSA) is 107 Å². The summed E-state index contributed by atoms with van der Waals surface area (Å²) in [5.41, 5.74) is -1.17. The molecule has 0 unspecified atom stereocenters. The van der Waals surface area contributed by atoms with Gasteiger partial charge in [0, 0.05) is 6.20 Å². The molecule has 0 aliphatic carbocycles. The first-order chi connectivity index (χ1) is 13.8. The van der Waals surface area contributed by atoms with Gasteiger partial charge in [0.05, 0.1) is 22.9 Å². The minimum Gasteiger partial charge on any atom is -0.322 e. The van der Waals surface area contributed by atoms with Crippen molar-refractivity contribution >= 4 is 17.8 Å². The number of carbonyl (C=O) groups excluding carboxylic acids is 3. The fourth-order valence-corrected chi connectivity index (χ4v) is 2.54. The van der Waals surface area contributed by atoms with E-state index >= 15 is 0 Å². The molecule has 0 radical (unpaired) electrons. The molecular formula is C17H8F3N5O4. The van der Waals surface area contributed by atoms with E-state index in [-0.39, 0.29) is 22.6 Å². The summed E-state index contributed by atoms with van der Waals surface area (Å²) in [6, 6.07) is 7.76. The molecule has 0 saturated heterocycles. The molecule has 29 heavy (non-hydrogen) atoms. The summed E-state index contributed by atoms with van der Waals surface area (Å²) in [7, 11) is 0. The van der Waals surface area contributed by atoms with Gasteiger partial charge in [0.15, 0.2) is 11.5 Å². The SMILES string of the molecule is O=C(ON1C(=O)c2ccccc2C1=O)c1cn(-c2ccc(C(F)(F)F)cn2)nn1. The first-order valence-corrected chi connectivity index (χ1v) is 7.92. The van der Waals surface area contributed by atoms with Crippen molar-refractivity contribution < 1.29 is 32.4 Å². The predicted octanol–water partition coefficient (Wildman–Crippen LogP) is 2.05. The summed E-state index contributed by atoms with van der Waals surface area (Å²) in [4.78, 5) is 45.1. The molecule has 3 aromatic rings. The van der Waals surface area contributed by atoms with E-state index in [1.54, 1.807) is 12.1 Å². The number of imide groups is 1. The van der Waals surface area contributed by atoms with Gasteiger partial charge in [-0.15, -0.1) is 5.10 Å². The highest BCUT2D eigenvalue weighted by molar-refractivity contribution is 6.21. The Kier molecular flexibility index (Phi) is 4.10. The lowest BCUT2D eigenvalue weighted by molar-refractivity contribution is -0.137. The minimum absolute atomic E-state index is 0.0368. The molecule has 2 aromatic heterocycles. The lowest BCUT2D eigenvalue weighted by Gasteiger charge is -2.11. The van der Waals surface area contributed by atoms with Crippen molar-refractivity contribution in [3.05, 3.63) is 71.2 Å². The van der Waals surface area contributed by atoms with Gasteiger partial charge in [0.2, 0.25) is 0 Å². The van der Waals surface area contributed by atoms with Crippen molar-refractivity contribution in [3.8, 4) is 5.82 Å². The number of halogens is 3. The van der Waals surface area contributed by atoms with Crippen molar-refractivity contribution in [3.63, 3.8) is 0 Å². The van der Waals surface area contributed by atoms with Crippen molar-refractivity contribution in [1.82, 2.24) is 25.0 Å². The van der Waals surface area contributed by atoms with Crippen molar-refractivity contribution in [2.24, 2.45) is 0 Å². The normalized spacial score (nSPS) is 13.6. The largest absolute Gasteiger partial charge is 0.417 e. The molecular weight excluding hydrogens is 395 g/mol. The third-order valence-electron chi connectivity index (χ3n) is 3.94. The first-order valence-electron chi connectivity index (χ1n) is 7.92. The highest BCUT2D eigenvalue weighted by Gasteiger charge is 2.39. The van der Waals surface area contributed by atoms with Gasteiger partial charge in [0.25, 0.3) is 11.8 Å². The van der Waals surface area contributed by atoms with Gasteiger partial charge >= 0.3 is 12.1 Å². The van der Waals surface area contributed by atoms with E-state index < -0.39 is 29.5 Å². The molecule has 4 rings (SSSR count). The molecule has 1 aromatic carbocycles. The maximum Gasteiger partial charge on any atom is 0.417 e. The van der Waals surface area contributed by atoms with E-state index in [9.17, 15) is 27.6 Å². The molecule has 0 atom stereocenters. The number of fused-ring (bicyclic) bond motifs is 1. The Hall–Kier alpha value is -4.09. The molecule has 0 N–H and O–H groups in total. The number of benzene rings is 1. The van der Waals surface area contributed by atoms with E-state index in [0.717, 1.165) is 23.0 Å². The standard InChI is InChI=1S/C17H8F3N5O4/c18-17(19,20)9-5-6-13(21-7-9)24-8-12(22-23-24)16(28)29-25-14(26)10-3-1-2-4-11(10)15(25)27/h1-8H. The number of hydrogen-bond donors (Lipinski definition) is 0. The monoisotopic (exact) mass is 403 g/mol. The van der Waals surface area contributed by atoms with Gasteiger partial charge in [-0.3, -0.25) is 9.59 Å². The molecule has 0 fully saturated rings. The van der Waals surface area contributed by atoms with Crippen LogP contribution in [-0.4, -0.2) is 42.8 Å². The summed E-state index contributed by atoms with van der Waals surface area (Å²) >= 11 is 0. The lowest BCUT2D eigenvalue weighted by Crippen LogP contribution is -2.32. The van der Waals surface area contributed by atoms with Crippen LogP contribution in [0.25, 0.3) is 5.82 Å². The number of hydroxylamine groups is 2. The second-order valence-electron chi connectivity index (χ2n) is 5.78. The van der Waals surface area contributed by atoms with Gasteiger partial charge in [-0.05, 0) is 24.3 Å². The highest BCUT2D eigenvalue weighted by atomic mass is 19.4. The molecule has 0 saturated carbocycles. The van der Waals surface area contributed by atoms with Gasteiger partial charge in [-0.1, -0.05) is 22.4 Å². The van der Waals surface area contributed by atoms with Crippen LogP contribution in [0, 0.1) is 0 Å². The summed E-state index contributed by atoms with van der Waals surface area (Å²) < 4.78 is 38.7. The van der Waals surface area contributed by atoms with E-state index in [1.807, 2.05) is 0 Å². The summed E-state index contributed by atoms with van der Waals surface area (Å²) in [5, 5.41) is 7.42. The average molecular weight is 403 g/mol. The van der Waals surface area contributed by atoms with Crippen molar-refractivity contribution in [2.45, 2.75) is 6.18 Å². The lowest BCUT2D eigenvalue weighted by atomic mass is 10.1. The van der Waals surface area contributed by atoms with Crippen molar-refractivity contribution in [1.29, 1.82) is 0 Å². The molecule has 0 bridgehead atoms. The summed E-state index contributed by atoms with van der Waals surface area (Å²) in [6.07, 6.45) is -2.90. The highest BCUT2D eigenvalue weighted by Crippen LogP contribution is 2.28. The quantitative estimate of drug-likeness (QED) is 0.616. The van der Waals surface area contributed by atoms with E-state index in [4.69, 9.17) is 4.84 Å². The van der Waals surface area contributed by atoms with Gasteiger partial charge in [-0.2, -0.15) is 13.2 Å². The van der Waals surface area contributed by atoms with Crippen LogP contribution in [0.5, 0.6) is 0 Å². The number of amides is 2. The predicted molar refractivity (Wildman–Crippen MR) is 86.5 cm³/mol. The Labute approximate surface area is 159 Å². The second kappa shape index (κ2) is 6.51. The van der Waals surface area contributed by atoms with E-state index in [2.05, 4.69) is 15.3 Å². The van der Waals surface area contributed by atoms with Gasteiger partial charge in [-0.25, -0.2) is 14.5 Å². The number of hydrogen-bond acceptors (Lipinski definition) is 7. The zero-order valence-electron chi connectivity index (χ0n) is 14.1. The van der Waals surface area contributed by atoms with Crippen LogP contribution in [-0.2, 0) is 11.0 Å².